The average Bonchev–Trinajstić information content (AvgIpc) is 3.46. The smallest absolute Gasteiger partial charge is 0.165 e. The quantitative estimate of drug-likeness (QED) is 0.584. The number of rotatable bonds is 6. The van der Waals surface area contributed by atoms with Crippen molar-refractivity contribution in [2.24, 2.45) is 5.92 Å². The van der Waals surface area contributed by atoms with Gasteiger partial charge in [-0.15, -0.1) is 11.6 Å². The van der Waals surface area contributed by atoms with Crippen LogP contribution in [0.25, 0.3) is 0 Å². The first-order chi connectivity index (χ1) is 12.0. The highest BCUT2D eigenvalue weighted by molar-refractivity contribution is 6.18. The number of Topliss-reactive ketones (excluding diaryl/α,β-unsaturated/α-hetero) is 2. The molecular formula is C20H21ClO4. The van der Waals surface area contributed by atoms with E-state index in [4.69, 9.17) is 21.8 Å². The molecule has 25 heavy (non-hydrogen) atoms. The molecule has 1 fully saturated rings. The topological polar surface area (TPSA) is 74.6 Å². The van der Waals surface area contributed by atoms with Crippen molar-refractivity contribution in [3.8, 4) is 11.5 Å². The molecule has 0 amide bonds. The van der Waals surface area contributed by atoms with E-state index in [2.05, 4.69) is 0 Å². The van der Waals surface area contributed by atoms with Crippen molar-refractivity contribution >= 4 is 23.2 Å². The van der Waals surface area contributed by atoms with Gasteiger partial charge in [-0.3, -0.25) is 9.59 Å². The number of aromatic hydroxyl groups is 2. The molecule has 1 aliphatic carbocycles. The fourth-order valence-electron chi connectivity index (χ4n) is 2.23. The summed E-state index contributed by atoms with van der Waals surface area (Å²) >= 11 is 5.47. The van der Waals surface area contributed by atoms with Gasteiger partial charge in [-0.05, 0) is 67.8 Å². The van der Waals surface area contributed by atoms with E-state index in [9.17, 15) is 9.59 Å². The summed E-state index contributed by atoms with van der Waals surface area (Å²) in [6, 6.07) is 12.7. The molecule has 3 rings (SSSR count). The molecule has 0 radical (unpaired) electrons. The zero-order valence-electron chi connectivity index (χ0n) is 13.8. The third-order valence-corrected chi connectivity index (χ3v) is 4.09. The second kappa shape index (κ2) is 9.23. The highest BCUT2D eigenvalue weighted by atomic mass is 35.5. The van der Waals surface area contributed by atoms with Crippen molar-refractivity contribution < 1.29 is 19.8 Å². The lowest BCUT2D eigenvalue weighted by atomic mass is 10.1. The Kier molecular flexibility index (Phi) is 7.02. The van der Waals surface area contributed by atoms with Crippen LogP contribution in [0, 0.1) is 5.92 Å². The maximum atomic E-state index is 11.4. The van der Waals surface area contributed by atoms with Gasteiger partial charge < -0.3 is 10.2 Å². The molecule has 0 aliphatic heterocycles. The van der Waals surface area contributed by atoms with Gasteiger partial charge in [0, 0.05) is 29.3 Å². The molecule has 0 atom stereocenters. The Labute approximate surface area is 152 Å². The van der Waals surface area contributed by atoms with Crippen LogP contribution in [0.1, 0.15) is 46.4 Å². The Balaban J connectivity index is 0.000000181. The highest BCUT2D eigenvalue weighted by Crippen LogP contribution is 2.32. The summed E-state index contributed by atoms with van der Waals surface area (Å²) in [5.74, 6) is 1.44. The van der Waals surface area contributed by atoms with Crippen molar-refractivity contribution in [1.29, 1.82) is 0 Å². The standard InChI is InChI=1S/C10H11ClO2.C10H10O2/c11-7-1-2-10(13)8-3-5-9(12)6-4-8;11-9-5-3-8(4-6-9)10(12)7-1-2-7/h3-6,12H,1-2,7H2;3-7,11H,1-2H2. The number of phenols is 2. The first kappa shape index (κ1) is 19.0. The summed E-state index contributed by atoms with van der Waals surface area (Å²) in [4.78, 5) is 22.8. The maximum absolute atomic E-state index is 11.4. The summed E-state index contributed by atoms with van der Waals surface area (Å²) < 4.78 is 0. The van der Waals surface area contributed by atoms with Crippen LogP contribution < -0.4 is 0 Å². The molecule has 2 aromatic rings. The number of carbonyl (C=O) groups is 2. The minimum atomic E-state index is 0.0700. The van der Waals surface area contributed by atoms with Crippen molar-refractivity contribution in [2.45, 2.75) is 25.7 Å². The number of hydrogen-bond donors (Lipinski definition) is 2. The third kappa shape index (κ3) is 6.24. The lowest BCUT2D eigenvalue weighted by Crippen LogP contribution is -1.99. The van der Waals surface area contributed by atoms with Crippen LogP contribution in [0.3, 0.4) is 0 Å². The van der Waals surface area contributed by atoms with Crippen LogP contribution in [0.2, 0.25) is 0 Å². The molecule has 0 aromatic heterocycles. The Bertz CT molecular complexity index is 703. The molecule has 2 aromatic carbocycles. The van der Waals surface area contributed by atoms with Crippen LogP contribution in [-0.4, -0.2) is 27.7 Å². The van der Waals surface area contributed by atoms with E-state index < -0.39 is 0 Å². The van der Waals surface area contributed by atoms with Gasteiger partial charge in [-0.25, -0.2) is 0 Å². The van der Waals surface area contributed by atoms with E-state index in [1.165, 1.54) is 12.1 Å². The fraction of sp³-hybridized carbons (Fsp3) is 0.300. The molecule has 1 saturated carbocycles. The van der Waals surface area contributed by atoms with E-state index in [0.29, 0.717) is 24.3 Å². The van der Waals surface area contributed by atoms with Gasteiger partial charge in [-0.2, -0.15) is 0 Å². The number of hydrogen-bond acceptors (Lipinski definition) is 4. The Morgan fingerprint density at radius 2 is 1.36 bits per heavy atom. The number of halogens is 1. The van der Waals surface area contributed by atoms with E-state index >= 15 is 0 Å². The number of alkyl halides is 1. The van der Waals surface area contributed by atoms with Gasteiger partial charge in [0.05, 0.1) is 0 Å². The van der Waals surface area contributed by atoms with Gasteiger partial charge >= 0.3 is 0 Å². The van der Waals surface area contributed by atoms with Crippen molar-refractivity contribution in [2.75, 3.05) is 5.88 Å². The van der Waals surface area contributed by atoms with Crippen molar-refractivity contribution in [3.05, 3.63) is 59.7 Å². The normalized spacial score (nSPS) is 12.8. The third-order valence-electron chi connectivity index (χ3n) is 3.83. The van der Waals surface area contributed by atoms with Crippen LogP contribution in [0.15, 0.2) is 48.5 Å². The summed E-state index contributed by atoms with van der Waals surface area (Å²) in [5.41, 5.74) is 1.35. The SMILES string of the molecule is O=C(CCCCl)c1ccc(O)cc1.O=C(c1ccc(O)cc1)C1CC1. The van der Waals surface area contributed by atoms with E-state index in [0.717, 1.165) is 18.4 Å². The summed E-state index contributed by atoms with van der Waals surface area (Å²) in [7, 11) is 0. The monoisotopic (exact) mass is 360 g/mol. The predicted molar refractivity (Wildman–Crippen MR) is 97.6 cm³/mol. The van der Waals surface area contributed by atoms with E-state index in [1.54, 1.807) is 36.4 Å². The number of benzene rings is 2. The minimum Gasteiger partial charge on any atom is -0.508 e. The molecule has 0 heterocycles. The van der Waals surface area contributed by atoms with Crippen LogP contribution >= 0.6 is 11.6 Å². The van der Waals surface area contributed by atoms with Crippen molar-refractivity contribution in [1.82, 2.24) is 0 Å². The molecule has 1 aliphatic rings. The van der Waals surface area contributed by atoms with Gasteiger partial charge in [0.15, 0.2) is 11.6 Å². The molecular weight excluding hydrogens is 340 g/mol. The average molecular weight is 361 g/mol. The first-order valence-corrected chi connectivity index (χ1v) is 8.76. The molecule has 5 heteroatoms. The highest BCUT2D eigenvalue weighted by Gasteiger charge is 2.30. The molecule has 0 spiro atoms. The Hall–Kier alpha value is -2.33. The van der Waals surface area contributed by atoms with Crippen LogP contribution in [0.5, 0.6) is 11.5 Å². The minimum absolute atomic E-state index is 0.0700. The molecule has 132 valence electrons. The Morgan fingerprint density at radius 3 is 1.80 bits per heavy atom. The second-order valence-corrected chi connectivity index (χ2v) is 6.33. The lowest BCUT2D eigenvalue weighted by molar-refractivity contribution is 0.0964. The molecule has 4 nitrogen and oxygen atoms in total. The summed E-state index contributed by atoms with van der Waals surface area (Å²) in [6.45, 7) is 0. The second-order valence-electron chi connectivity index (χ2n) is 5.95. The van der Waals surface area contributed by atoms with Gasteiger partial charge in [0.2, 0.25) is 0 Å². The van der Waals surface area contributed by atoms with Crippen molar-refractivity contribution in [3.63, 3.8) is 0 Å². The predicted octanol–water partition coefficient (Wildman–Crippen LogP) is 4.58. The number of carbonyl (C=O) groups excluding carboxylic acids is 2. The summed E-state index contributed by atoms with van der Waals surface area (Å²) in [6.07, 6.45) is 3.22. The maximum Gasteiger partial charge on any atom is 0.165 e. The van der Waals surface area contributed by atoms with Crippen LogP contribution in [0.4, 0.5) is 0 Å². The van der Waals surface area contributed by atoms with Gasteiger partial charge in [0.25, 0.3) is 0 Å². The largest absolute Gasteiger partial charge is 0.508 e. The van der Waals surface area contributed by atoms with Crippen LogP contribution in [-0.2, 0) is 0 Å². The zero-order chi connectivity index (χ0) is 18.2. The number of ketones is 2. The lowest BCUT2D eigenvalue weighted by Gasteiger charge is -1.98. The fourth-order valence-corrected chi connectivity index (χ4v) is 2.36. The Morgan fingerprint density at radius 1 is 0.880 bits per heavy atom. The first-order valence-electron chi connectivity index (χ1n) is 8.22. The number of phenolic OH excluding ortho intramolecular Hbond substituents is 2. The van der Waals surface area contributed by atoms with Gasteiger partial charge in [-0.1, -0.05) is 0 Å². The molecule has 0 unspecified atom stereocenters. The van der Waals surface area contributed by atoms with Gasteiger partial charge in [0.1, 0.15) is 11.5 Å². The van der Waals surface area contributed by atoms with E-state index in [-0.39, 0.29) is 29.0 Å². The molecule has 2 N–H and O–H groups in total. The summed E-state index contributed by atoms with van der Waals surface area (Å²) in [5, 5.41) is 18.0. The molecule has 0 saturated heterocycles. The zero-order valence-corrected chi connectivity index (χ0v) is 14.6. The molecule has 0 bridgehead atoms. The van der Waals surface area contributed by atoms with E-state index in [1.807, 2.05) is 0 Å².